The second-order valence-corrected chi connectivity index (χ2v) is 19.9. The molecule has 53 heavy (non-hydrogen) atoms. The van der Waals surface area contributed by atoms with Crippen molar-refractivity contribution in [3.63, 3.8) is 0 Å². The van der Waals surface area contributed by atoms with Crippen LogP contribution in [0.2, 0.25) is 18.1 Å². The molecule has 1 aliphatic rings. The highest BCUT2D eigenvalue weighted by molar-refractivity contribution is 6.74. The fourth-order valence-corrected chi connectivity index (χ4v) is 8.45. The van der Waals surface area contributed by atoms with Gasteiger partial charge in [0.15, 0.2) is 14.6 Å². The molecule has 0 aromatic heterocycles. The molecule has 0 radical (unpaired) electrons. The zero-order chi connectivity index (χ0) is 38.4. The minimum atomic E-state index is -2.23. The van der Waals surface area contributed by atoms with Gasteiger partial charge in [0.25, 0.3) is 0 Å². The number of carbonyl (C=O) groups excluding carboxylic acids is 1. The molecule has 11 heteroatoms. The molecule has 5 atom stereocenters. The largest absolute Gasteiger partial charge is 0.445 e. The highest BCUT2D eigenvalue weighted by Gasteiger charge is 2.48. The van der Waals surface area contributed by atoms with Gasteiger partial charge in [-0.15, -0.1) is 0 Å². The number of ether oxygens (including phenoxy) is 4. The van der Waals surface area contributed by atoms with E-state index in [0.29, 0.717) is 38.5 Å². The Bertz CT molecular complexity index is 1490. The van der Waals surface area contributed by atoms with Crippen LogP contribution in [0.1, 0.15) is 69.2 Å². The molecule has 1 fully saturated rings. The number of rotatable bonds is 20. The molecule has 3 aromatic carbocycles. The number of hydrogen-bond acceptors (Lipinski definition) is 9. The Morgan fingerprint density at radius 1 is 0.811 bits per heavy atom. The number of benzene rings is 3. The molecule has 1 heterocycles. The molecule has 0 saturated carbocycles. The third-order valence-corrected chi connectivity index (χ3v) is 15.5. The standard InChI is InChI=1S/C42H61NO9Si/c1-31(2)42(3,4)53(5,6)51-30-36-37(45)39(49-28-34-18-12-8-13-19-34)38(46)40(52-36)48-25-15-9-14-24-43(26-32-16-10-7-11-17-32)41(47)50-29-35-22-20-33(27-44)21-23-35/h7-8,10-13,16-23,31,36-40,44-46H,9,14-15,24-30H2,1-6H3/t36-,37+,38+,39-,40+/m0/s1. The van der Waals surface area contributed by atoms with Crippen LogP contribution in [-0.4, -0.2) is 85.1 Å². The molecule has 1 saturated heterocycles. The first-order chi connectivity index (χ1) is 25.3. The van der Waals surface area contributed by atoms with Gasteiger partial charge in [-0.05, 0) is 65.6 Å². The van der Waals surface area contributed by atoms with Crippen LogP contribution in [0.3, 0.4) is 0 Å². The van der Waals surface area contributed by atoms with Crippen LogP contribution in [0.4, 0.5) is 4.79 Å². The van der Waals surface area contributed by atoms with Crippen molar-refractivity contribution in [1.29, 1.82) is 0 Å². The van der Waals surface area contributed by atoms with E-state index >= 15 is 0 Å². The fourth-order valence-electron chi connectivity index (χ4n) is 6.11. The lowest BCUT2D eigenvalue weighted by Crippen LogP contribution is -2.61. The van der Waals surface area contributed by atoms with E-state index in [-0.39, 0.29) is 31.5 Å². The Hall–Kier alpha value is -3.13. The molecule has 1 amide bonds. The van der Waals surface area contributed by atoms with Crippen LogP contribution < -0.4 is 0 Å². The summed E-state index contributed by atoms with van der Waals surface area (Å²) >= 11 is 0. The summed E-state index contributed by atoms with van der Waals surface area (Å²) < 4.78 is 30.7. The van der Waals surface area contributed by atoms with Gasteiger partial charge >= 0.3 is 6.09 Å². The normalized spacial score (nSPS) is 20.8. The Kier molecular flexibility index (Phi) is 16.5. The number of amides is 1. The number of hydrogen-bond donors (Lipinski definition) is 3. The van der Waals surface area contributed by atoms with Crippen molar-refractivity contribution in [1.82, 2.24) is 4.90 Å². The lowest BCUT2D eigenvalue weighted by Gasteiger charge is -2.46. The van der Waals surface area contributed by atoms with Gasteiger partial charge in [-0.2, -0.15) is 0 Å². The predicted molar refractivity (Wildman–Crippen MR) is 207 cm³/mol. The summed E-state index contributed by atoms with van der Waals surface area (Å²) in [5.41, 5.74) is 3.58. The van der Waals surface area contributed by atoms with E-state index in [0.717, 1.165) is 28.7 Å². The summed E-state index contributed by atoms with van der Waals surface area (Å²) in [5.74, 6) is 0.410. The van der Waals surface area contributed by atoms with Crippen molar-refractivity contribution < 1.29 is 43.5 Å². The first-order valence-corrected chi connectivity index (χ1v) is 21.8. The van der Waals surface area contributed by atoms with Crippen molar-refractivity contribution in [2.75, 3.05) is 19.8 Å². The van der Waals surface area contributed by atoms with E-state index in [1.54, 1.807) is 4.90 Å². The van der Waals surface area contributed by atoms with Crippen molar-refractivity contribution in [2.24, 2.45) is 5.92 Å². The molecular weight excluding hydrogens is 691 g/mol. The van der Waals surface area contributed by atoms with Crippen molar-refractivity contribution in [3.05, 3.63) is 107 Å². The van der Waals surface area contributed by atoms with E-state index in [1.807, 2.05) is 84.9 Å². The minimum absolute atomic E-state index is 0.0221. The summed E-state index contributed by atoms with van der Waals surface area (Å²) in [6.45, 7) is 14.9. The molecule has 0 aliphatic carbocycles. The number of aliphatic hydroxyl groups is 3. The Balaban J connectivity index is 1.32. The van der Waals surface area contributed by atoms with Gasteiger partial charge < -0.3 is 43.6 Å². The molecule has 292 valence electrons. The van der Waals surface area contributed by atoms with E-state index < -0.39 is 45.1 Å². The third kappa shape index (κ3) is 12.4. The van der Waals surface area contributed by atoms with E-state index in [2.05, 4.69) is 40.8 Å². The van der Waals surface area contributed by atoms with Crippen LogP contribution in [-0.2, 0) is 49.7 Å². The Labute approximate surface area is 317 Å². The molecule has 1 aliphatic heterocycles. The maximum absolute atomic E-state index is 13.2. The molecule has 0 bridgehead atoms. The van der Waals surface area contributed by atoms with Gasteiger partial charge in [-0.1, -0.05) is 113 Å². The summed E-state index contributed by atoms with van der Waals surface area (Å²) in [6.07, 6.45) is -3.27. The maximum atomic E-state index is 13.2. The second kappa shape index (κ2) is 20.5. The first-order valence-electron chi connectivity index (χ1n) is 18.9. The Morgan fingerprint density at radius 2 is 1.42 bits per heavy atom. The van der Waals surface area contributed by atoms with Crippen molar-refractivity contribution in [2.45, 2.75) is 122 Å². The van der Waals surface area contributed by atoms with E-state index in [9.17, 15) is 20.1 Å². The zero-order valence-electron chi connectivity index (χ0n) is 32.4. The summed E-state index contributed by atoms with van der Waals surface area (Å²) in [4.78, 5) is 14.9. The molecule has 10 nitrogen and oxygen atoms in total. The summed E-state index contributed by atoms with van der Waals surface area (Å²) in [6, 6.07) is 26.8. The Morgan fingerprint density at radius 3 is 2.04 bits per heavy atom. The highest BCUT2D eigenvalue weighted by atomic mass is 28.4. The second-order valence-electron chi connectivity index (χ2n) is 15.4. The van der Waals surface area contributed by atoms with E-state index in [1.165, 1.54) is 0 Å². The summed E-state index contributed by atoms with van der Waals surface area (Å²) in [5, 5.41) is 32.0. The van der Waals surface area contributed by atoms with Crippen LogP contribution in [0.5, 0.6) is 0 Å². The van der Waals surface area contributed by atoms with Crippen LogP contribution in [0.25, 0.3) is 0 Å². The van der Waals surface area contributed by atoms with Crippen molar-refractivity contribution in [3.8, 4) is 0 Å². The summed E-state index contributed by atoms with van der Waals surface area (Å²) in [7, 11) is -2.23. The van der Waals surface area contributed by atoms with Crippen LogP contribution >= 0.6 is 0 Å². The van der Waals surface area contributed by atoms with Gasteiger partial charge in [-0.25, -0.2) is 4.79 Å². The SMILES string of the molecule is CC(C)C(C)(C)[Si](C)(C)OC[C@@H]1O[C@@H](OCCCCCN(Cc2ccccc2)C(=O)OCc2ccc(CO)cc2)[C@H](O)[C@@H](OCc2ccccc2)[C@@H]1O. The van der Waals surface area contributed by atoms with Gasteiger partial charge in [-0.3, -0.25) is 0 Å². The quantitative estimate of drug-likeness (QED) is 0.0812. The van der Waals surface area contributed by atoms with Crippen LogP contribution in [0.15, 0.2) is 84.9 Å². The molecule has 3 aromatic rings. The fraction of sp³-hybridized carbons (Fsp3) is 0.548. The average Bonchev–Trinajstić information content (AvgIpc) is 3.15. The lowest BCUT2D eigenvalue weighted by atomic mass is 9.99. The predicted octanol–water partition coefficient (Wildman–Crippen LogP) is 7.19. The third-order valence-electron chi connectivity index (χ3n) is 10.9. The highest BCUT2D eigenvalue weighted by Crippen LogP contribution is 2.45. The molecule has 0 spiro atoms. The number of aliphatic hydroxyl groups excluding tert-OH is 3. The maximum Gasteiger partial charge on any atom is 0.410 e. The molecular formula is C42H61NO9Si. The number of carbonyl (C=O) groups is 1. The monoisotopic (exact) mass is 751 g/mol. The number of unbranched alkanes of at least 4 members (excludes halogenated alkanes) is 2. The molecule has 3 N–H and O–H groups in total. The molecule has 0 unspecified atom stereocenters. The topological polar surface area (TPSA) is 127 Å². The zero-order valence-corrected chi connectivity index (χ0v) is 33.4. The van der Waals surface area contributed by atoms with Crippen molar-refractivity contribution >= 4 is 14.4 Å². The van der Waals surface area contributed by atoms with Gasteiger partial charge in [0.05, 0.1) is 19.8 Å². The molecule has 4 rings (SSSR count). The number of nitrogens with zero attached hydrogens (tertiary/aromatic N) is 1. The van der Waals surface area contributed by atoms with Gasteiger partial charge in [0.1, 0.15) is 31.0 Å². The first kappa shape index (κ1) is 42.6. The van der Waals surface area contributed by atoms with Gasteiger partial charge in [0.2, 0.25) is 0 Å². The smallest absolute Gasteiger partial charge is 0.410 e. The minimum Gasteiger partial charge on any atom is -0.445 e. The average molecular weight is 752 g/mol. The van der Waals surface area contributed by atoms with E-state index in [4.69, 9.17) is 23.4 Å². The lowest BCUT2D eigenvalue weighted by molar-refractivity contribution is -0.308. The van der Waals surface area contributed by atoms with Gasteiger partial charge in [0, 0.05) is 19.7 Å². The van der Waals surface area contributed by atoms with Crippen LogP contribution in [0, 0.1) is 5.92 Å².